The number of aromatic nitrogens is 2. The smallest absolute Gasteiger partial charge is 0.254 e. The molecular weight excluding hydrogens is 409 g/mol. The Morgan fingerprint density at radius 1 is 1.13 bits per heavy atom. The number of nitrogens with zero attached hydrogens (tertiary/aromatic N) is 3. The molecule has 156 valence electrons. The number of sulfone groups is 1. The molecule has 2 heterocycles. The first kappa shape index (κ1) is 20.1. The number of ether oxygens (including phenoxy) is 1. The second-order valence-corrected chi connectivity index (χ2v) is 9.15. The van der Waals surface area contributed by atoms with Gasteiger partial charge in [-0.3, -0.25) is 9.48 Å². The second kappa shape index (κ2) is 7.91. The molecule has 30 heavy (non-hydrogen) atoms. The van der Waals surface area contributed by atoms with Crippen LogP contribution in [0, 0.1) is 5.82 Å². The van der Waals surface area contributed by atoms with E-state index in [1.165, 1.54) is 24.3 Å². The first-order valence-corrected chi connectivity index (χ1v) is 11.2. The van der Waals surface area contributed by atoms with Crippen molar-refractivity contribution in [3.05, 3.63) is 77.2 Å². The summed E-state index contributed by atoms with van der Waals surface area (Å²) in [6.07, 6.45) is 1.16. The third-order valence-electron chi connectivity index (χ3n) is 4.87. The summed E-state index contributed by atoms with van der Waals surface area (Å²) in [6.45, 7) is 1.56. The molecule has 0 saturated heterocycles. The van der Waals surface area contributed by atoms with E-state index in [2.05, 4.69) is 5.10 Å². The number of carbonyl (C=O) groups excluding carboxylic acids is 1. The molecule has 3 aromatic rings. The van der Waals surface area contributed by atoms with Gasteiger partial charge in [0, 0.05) is 24.4 Å². The highest BCUT2D eigenvalue weighted by atomic mass is 32.2. The monoisotopic (exact) mass is 429 g/mol. The van der Waals surface area contributed by atoms with Gasteiger partial charge < -0.3 is 9.64 Å². The van der Waals surface area contributed by atoms with E-state index in [4.69, 9.17) is 4.74 Å². The first-order valence-electron chi connectivity index (χ1n) is 9.33. The molecule has 0 radical (unpaired) electrons. The highest BCUT2D eigenvalue weighted by molar-refractivity contribution is 7.90. The maximum absolute atomic E-state index is 13.1. The molecule has 0 unspecified atom stereocenters. The van der Waals surface area contributed by atoms with Crippen molar-refractivity contribution >= 4 is 15.7 Å². The van der Waals surface area contributed by atoms with Crippen molar-refractivity contribution < 1.29 is 22.3 Å². The van der Waals surface area contributed by atoms with Crippen LogP contribution in [0.1, 0.15) is 21.6 Å². The number of fused-ring (bicyclic) bond motifs is 1. The van der Waals surface area contributed by atoms with Crippen LogP contribution >= 0.6 is 0 Å². The summed E-state index contributed by atoms with van der Waals surface area (Å²) in [6, 6.07) is 13.8. The third-order valence-corrected chi connectivity index (χ3v) is 5.98. The van der Waals surface area contributed by atoms with E-state index in [9.17, 15) is 17.6 Å². The van der Waals surface area contributed by atoms with Gasteiger partial charge in [-0.2, -0.15) is 0 Å². The predicted octanol–water partition coefficient (Wildman–Crippen LogP) is 2.66. The predicted molar refractivity (Wildman–Crippen MR) is 107 cm³/mol. The van der Waals surface area contributed by atoms with Gasteiger partial charge in [-0.15, -0.1) is 5.10 Å². The SMILES string of the molecule is CS(=O)(=O)c1cccc(COc2cc3n(n2)CCN(C(=O)c2ccc(F)cc2)C3)c1. The summed E-state index contributed by atoms with van der Waals surface area (Å²) in [5, 5.41) is 4.40. The molecule has 0 atom stereocenters. The van der Waals surface area contributed by atoms with E-state index in [-0.39, 0.29) is 23.2 Å². The lowest BCUT2D eigenvalue weighted by Crippen LogP contribution is -2.38. The summed E-state index contributed by atoms with van der Waals surface area (Å²) >= 11 is 0. The number of benzene rings is 2. The van der Waals surface area contributed by atoms with Gasteiger partial charge in [-0.05, 0) is 42.0 Å². The Hall–Kier alpha value is -3.20. The van der Waals surface area contributed by atoms with Crippen LogP contribution in [0.4, 0.5) is 4.39 Å². The maximum Gasteiger partial charge on any atom is 0.254 e. The third kappa shape index (κ3) is 4.35. The molecule has 1 amide bonds. The average Bonchev–Trinajstić information content (AvgIpc) is 3.14. The lowest BCUT2D eigenvalue weighted by Gasteiger charge is -2.27. The van der Waals surface area contributed by atoms with Gasteiger partial charge in [0.05, 0.1) is 23.7 Å². The van der Waals surface area contributed by atoms with Crippen LogP contribution in [0.25, 0.3) is 0 Å². The van der Waals surface area contributed by atoms with Crippen molar-refractivity contribution in [1.29, 1.82) is 0 Å². The van der Waals surface area contributed by atoms with Crippen LogP contribution in [0.5, 0.6) is 5.88 Å². The Labute approximate surface area is 173 Å². The largest absolute Gasteiger partial charge is 0.472 e. The summed E-state index contributed by atoms with van der Waals surface area (Å²) in [5.74, 6) is -0.138. The zero-order valence-corrected chi connectivity index (χ0v) is 17.1. The molecule has 0 spiro atoms. The maximum atomic E-state index is 13.1. The fourth-order valence-electron chi connectivity index (χ4n) is 3.28. The number of amides is 1. The number of hydrogen-bond donors (Lipinski definition) is 0. The van der Waals surface area contributed by atoms with E-state index in [0.717, 1.165) is 17.5 Å². The zero-order chi connectivity index (χ0) is 21.3. The summed E-state index contributed by atoms with van der Waals surface area (Å²) in [7, 11) is -3.28. The zero-order valence-electron chi connectivity index (χ0n) is 16.3. The average molecular weight is 429 g/mol. The minimum absolute atomic E-state index is 0.164. The normalized spacial score (nSPS) is 13.7. The van der Waals surface area contributed by atoms with Crippen molar-refractivity contribution in [1.82, 2.24) is 14.7 Å². The Bertz CT molecular complexity index is 1190. The second-order valence-electron chi connectivity index (χ2n) is 7.14. The summed E-state index contributed by atoms with van der Waals surface area (Å²) in [4.78, 5) is 14.6. The van der Waals surface area contributed by atoms with Gasteiger partial charge in [-0.1, -0.05) is 12.1 Å². The van der Waals surface area contributed by atoms with Crippen LogP contribution in [0.15, 0.2) is 59.5 Å². The Morgan fingerprint density at radius 3 is 2.63 bits per heavy atom. The molecule has 2 aromatic carbocycles. The molecule has 0 N–H and O–H groups in total. The lowest BCUT2D eigenvalue weighted by molar-refractivity contribution is 0.0706. The van der Waals surface area contributed by atoms with Crippen molar-refractivity contribution in [2.45, 2.75) is 24.6 Å². The van der Waals surface area contributed by atoms with Crippen molar-refractivity contribution in [2.24, 2.45) is 0 Å². The van der Waals surface area contributed by atoms with Crippen LogP contribution in [-0.4, -0.2) is 41.8 Å². The summed E-state index contributed by atoms with van der Waals surface area (Å²) < 4.78 is 44.0. The fourth-order valence-corrected chi connectivity index (χ4v) is 3.97. The number of carbonyl (C=O) groups is 1. The van der Waals surface area contributed by atoms with E-state index < -0.39 is 9.84 Å². The summed E-state index contributed by atoms with van der Waals surface area (Å²) in [5.41, 5.74) is 1.99. The number of halogens is 1. The molecular formula is C21H20FN3O4S. The molecule has 1 aromatic heterocycles. The van der Waals surface area contributed by atoms with Crippen molar-refractivity contribution in [3.8, 4) is 5.88 Å². The van der Waals surface area contributed by atoms with Crippen LogP contribution in [-0.2, 0) is 29.5 Å². The van der Waals surface area contributed by atoms with Gasteiger partial charge in [0.1, 0.15) is 12.4 Å². The van der Waals surface area contributed by atoms with Crippen LogP contribution < -0.4 is 4.74 Å². The molecule has 1 aliphatic rings. The van der Waals surface area contributed by atoms with E-state index in [1.807, 2.05) is 0 Å². The minimum atomic E-state index is -3.28. The molecule has 0 aliphatic carbocycles. The molecule has 4 rings (SSSR count). The quantitative estimate of drug-likeness (QED) is 0.623. The minimum Gasteiger partial charge on any atom is -0.472 e. The fraction of sp³-hybridized carbons (Fsp3) is 0.238. The van der Waals surface area contributed by atoms with E-state index in [1.54, 1.807) is 39.9 Å². The van der Waals surface area contributed by atoms with Crippen LogP contribution in [0.3, 0.4) is 0 Å². The Morgan fingerprint density at radius 2 is 1.90 bits per heavy atom. The van der Waals surface area contributed by atoms with Gasteiger partial charge in [0.25, 0.3) is 5.91 Å². The standard InChI is InChI=1S/C21H20FN3O4S/c1-30(27,28)19-4-2-3-15(11-19)14-29-20-12-18-13-24(9-10-25(18)23-20)21(26)16-5-7-17(22)8-6-16/h2-8,11-12H,9-10,13-14H2,1H3. The topological polar surface area (TPSA) is 81.5 Å². The highest BCUT2D eigenvalue weighted by Gasteiger charge is 2.23. The van der Waals surface area contributed by atoms with Gasteiger partial charge >= 0.3 is 0 Å². The van der Waals surface area contributed by atoms with Gasteiger partial charge in [-0.25, -0.2) is 12.8 Å². The van der Waals surface area contributed by atoms with Crippen molar-refractivity contribution in [3.63, 3.8) is 0 Å². The van der Waals surface area contributed by atoms with E-state index in [0.29, 0.717) is 31.1 Å². The van der Waals surface area contributed by atoms with E-state index >= 15 is 0 Å². The molecule has 0 fully saturated rings. The molecule has 0 saturated carbocycles. The molecule has 7 nitrogen and oxygen atoms in total. The lowest BCUT2D eigenvalue weighted by atomic mass is 10.1. The molecule has 1 aliphatic heterocycles. The van der Waals surface area contributed by atoms with Crippen molar-refractivity contribution in [2.75, 3.05) is 12.8 Å². The molecule has 9 heteroatoms. The number of hydrogen-bond acceptors (Lipinski definition) is 5. The highest BCUT2D eigenvalue weighted by Crippen LogP contribution is 2.21. The van der Waals surface area contributed by atoms with Gasteiger partial charge in [0.15, 0.2) is 9.84 Å². The Kier molecular flexibility index (Phi) is 5.29. The number of rotatable bonds is 5. The van der Waals surface area contributed by atoms with Crippen LogP contribution in [0.2, 0.25) is 0 Å². The van der Waals surface area contributed by atoms with Gasteiger partial charge in [0.2, 0.25) is 5.88 Å². The Balaban J connectivity index is 1.43. The first-order chi connectivity index (χ1) is 14.3. The molecule has 0 bridgehead atoms.